The number of rotatable bonds is 9. The average molecular weight is 583 g/mol. The van der Waals surface area contributed by atoms with Crippen molar-refractivity contribution in [2.75, 3.05) is 21.2 Å². The number of hydrogen-bond donors (Lipinski definition) is 2. The fourth-order valence-electron chi connectivity index (χ4n) is 5.20. The molecule has 0 heterocycles. The molecule has 0 aliphatic rings. The van der Waals surface area contributed by atoms with Crippen LogP contribution in [0.5, 0.6) is 5.75 Å². The van der Waals surface area contributed by atoms with Crippen molar-refractivity contribution in [1.29, 1.82) is 0 Å². The van der Waals surface area contributed by atoms with Crippen molar-refractivity contribution in [1.82, 2.24) is 10.2 Å². The van der Waals surface area contributed by atoms with Crippen molar-refractivity contribution in [2.45, 2.75) is 32.1 Å². The van der Waals surface area contributed by atoms with E-state index in [4.69, 9.17) is 4.74 Å². The Kier molecular flexibility index (Phi) is 8.86. The molecule has 0 unspecified atom stereocenters. The molecule has 10 heteroatoms. The Balaban J connectivity index is 1.84. The summed E-state index contributed by atoms with van der Waals surface area (Å²) in [5.41, 5.74) is -0.0323. The summed E-state index contributed by atoms with van der Waals surface area (Å²) in [6, 6.07) is 15.3. The van der Waals surface area contributed by atoms with E-state index in [-0.39, 0.29) is 41.0 Å². The number of fused-ring (bicyclic) bond motifs is 1. The minimum absolute atomic E-state index is 0.0404. The molecule has 1 amide bonds. The van der Waals surface area contributed by atoms with Gasteiger partial charge in [0.15, 0.2) is 0 Å². The molecule has 0 fully saturated rings. The maximum absolute atomic E-state index is 14.6. The van der Waals surface area contributed by atoms with E-state index in [9.17, 15) is 32.3 Å². The molecule has 42 heavy (non-hydrogen) atoms. The highest BCUT2D eigenvalue weighted by atomic mass is 19.4. The van der Waals surface area contributed by atoms with Gasteiger partial charge in [-0.05, 0) is 66.2 Å². The molecule has 0 bridgehead atoms. The summed E-state index contributed by atoms with van der Waals surface area (Å²) < 4.78 is 63.6. The molecule has 1 atom stereocenters. The van der Waals surface area contributed by atoms with Crippen LogP contribution in [0.4, 0.5) is 17.6 Å². The van der Waals surface area contributed by atoms with Gasteiger partial charge in [0.1, 0.15) is 17.6 Å². The van der Waals surface area contributed by atoms with Crippen molar-refractivity contribution < 1.29 is 37.0 Å². The molecule has 0 aliphatic carbocycles. The van der Waals surface area contributed by atoms with Crippen LogP contribution in [0, 0.1) is 12.7 Å². The number of ether oxygens (including phenoxy) is 1. The largest absolute Gasteiger partial charge is 0.496 e. The van der Waals surface area contributed by atoms with Gasteiger partial charge in [-0.25, -0.2) is 9.18 Å². The van der Waals surface area contributed by atoms with Crippen LogP contribution in [0.3, 0.4) is 0 Å². The second-order valence-electron chi connectivity index (χ2n) is 10.2. The van der Waals surface area contributed by atoms with Crippen molar-refractivity contribution in [2.24, 2.45) is 0 Å². The Morgan fingerprint density at radius 1 is 0.952 bits per heavy atom. The molecule has 0 aromatic heterocycles. The van der Waals surface area contributed by atoms with Gasteiger partial charge in [0.05, 0.1) is 18.2 Å². The first kappa shape index (κ1) is 30.5. The molecular formula is C32H30F4N2O4. The SMILES string of the molecule is COc1ccc(CN(C)C)c(C(F)(F)F)c1-c1cccc2c(C[C@H](NC(=O)c3c(C)cccc3F)C(=O)O)cccc12. The molecule has 0 spiro atoms. The van der Waals surface area contributed by atoms with E-state index in [0.29, 0.717) is 21.9 Å². The molecule has 0 saturated carbocycles. The van der Waals surface area contributed by atoms with Crippen LogP contribution >= 0.6 is 0 Å². The van der Waals surface area contributed by atoms with Gasteiger partial charge in [-0.2, -0.15) is 13.2 Å². The highest BCUT2D eigenvalue weighted by molar-refractivity contribution is 6.01. The predicted octanol–water partition coefficient (Wildman–Crippen LogP) is 6.47. The van der Waals surface area contributed by atoms with Crippen molar-refractivity contribution in [3.8, 4) is 16.9 Å². The lowest BCUT2D eigenvalue weighted by atomic mass is 9.88. The van der Waals surface area contributed by atoms with Gasteiger partial charge in [0.25, 0.3) is 5.91 Å². The zero-order valence-electron chi connectivity index (χ0n) is 23.5. The fraction of sp³-hybridized carbons (Fsp3) is 0.250. The number of alkyl halides is 3. The number of aliphatic carboxylic acids is 1. The molecule has 220 valence electrons. The second kappa shape index (κ2) is 12.2. The summed E-state index contributed by atoms with van der Waals surface area (Å²) in [6.07, 6.45) is -4.89. The number of hydrogen-bond acceptors (Lipinski definition) is 4. The Bertz CT molecular complexity index is 1630. The zero-order valence-corrected chi connectivity index (χ0v) is 23.5. The molecule has 0 aliphatic heterocycles. The molecule has 6 nitrogen and oxygen atoms in total. The summed E-state index contributed by atoms with van der Waals surface area (Å²) in [7, 11) is 4.66. The minimum atomic E-state index is -4.70. The maximum atomic E-state index is 14.6. The zero-order chi connectivity index (χ0) is 30.8. The van der Waals surface area contributed by atoms with Crippen LogP contribution in [-0.4, -0.2) is 49.1 Å². The van der Waals surface area contributed by atoms with Gasteiger partial charge in [0, 0.05) is 18.5 Å². The molecule has 4 aromatic rings. The minimum Gasteiger partial charge on any atom is -0.496 e. The number of nitrogens with one attached hydrogen (secondary N) is 1. The second-order valence-corrected chi connectivity index (χ2v) is 10.2. The summed E-state index contributed by atoms with van der Waals surface area (Å²) >= 11 is 0. The number of carboxylic acid groups (broad SMARTS) is 1. The van der Waals surface area contributed by atoms with Crippen LogP contribution < -0.4 is 10.1 Å². The van der Waals surface area contributed by atoms with Gasteiger partial charge < -0.3 is 20.1 Å². The predicted molar refractivity (Wildman–Crippen MR) is 152 cm³/mol. The fourth-order valence-corrected chi connectivity index (χ4v) is 5.20. The number of carboxylic acids is 1. The van der Waals surface area contributed by atoms with Crippen molar-refractivity contribution in [3.63, 3.8) is 0 Å². The average Bonchev–Trinajstić information content (AvgIpc) is 2.91. The number of aryl methyl sites for hydroxylation is 1. The summed E-state index contributed by atoms with van der Waals surface area (Å²) in [5.74, 6) is -2.96. The first-order chi connectivity index (χ1) is 19.8. The van der Waals surface area contributed by atoms with E-state index in [0.717, 1.165) is 6.07 Å². The van der Waals surface area contributed by atoms with Crippen LogP contribution in [0.2, 0.25) is 0 Å². The van der Waals surface area contributed by atoms with Gasteiger partial charge in [0.2, 0.25) is 0 Å². The topological polar surface area (TPSA) is 78.9 Å². The van der Waals surface area contributed by atoms with Crippen LogP contribution in [0.1, 0.15) is 32.6 Å². The number of amides is 1. The molecular weight excluding hydrogens is 552 g/mol. The lowest BCUT2D eigenvalue weighted by Crippen LogP contribution is -2.42. The number of carbonyl (C=O) groups excluding carboxylic acids is 1. The molecule has 0 radical (unpaired) electrons. The lowest BCUT2D eigenvalue weighted by Gasteiger charge is -2.23. The van der Waals surface area contributed by atoms with E-state index in [1.54, 1.807) is 55.4 Å². The highest BCUT2D eigenvalue weighted by Gasteiger charge is 2.38. The first-order valence-corrected chi connectivity index (χ1v) is 13.0. The van der Waals surface area contributed by atoms with E-state index >= 15 is 0 Å². The van der Waals surface area contributed by atoms with Crippen molar-refractivity contribution >= 4 is 22.6 Å². The van der Waals surface area contributed by atoms with E-state index < -0.39 is 35.5 Å². The Hall–Kier alpha value is -4.44. The highest BCUT2D eigenvalue weighted by Crippen LogP contribution is 2.46. The molecule has 4 aromatic carbocycles. The van der Waals surface area contributed by atoms with E-state index in [1.807, 2.05) is 0 Å². The summed E-state index contributed by atoms with van der Waals surface area (Å²) in [4.78, 5) is 26.7. The number of nitrogens with zero attached hydrogens (tertiary/aromatic N) is 1. The van der Waals surface area contributed by atoms with Crippen LogP contribution in [0.15, 0.2) is 66.7 Å². The van der Waals surface area contributed by atoms with Crippen LogP contribution in [0.25, 0.3) is 21.9 Å². The summed E-state index contributed by atoms with van der Waals surface area (Å²) in [5, 5.41) is 13.3. The quantitative estimate of drug-likeness (QED) is 0.221. The number of halogens is 4. The Labute approximate surface area is 240 Å². The number of benzene rings is 4. The van der Waals surface area contributed by atoms with E-state index in [1.165, 1.54) is 38.3 Å². The standard InChI is InChI=1S/C32H30F4N2O4/c1-18-8-5-13-24(33)27(18)30(39)37-25(31(40)41)16-19-9-6-11-22-21(19)10-7-12-23(22)28-26(42-4)15-14-20(17-38(2)3)29(28)32(34,35)36/h5-15,25H,16-17H2,1-4H3,(H,37,39)(H,40,41)/t25-/m0/s1. The Morgan fingerprint density at radius 2 is 1.62 bits per heavy atom. The van der Waals surface area contributed by atoms with Gasteiger partial charge in [-0.1, -0.05) is 54.6 Å². The Morgan fingerprint density at radius 3 is 2.24 bits per heavy atom. The van der Waals surface area contributed by atoms with Gasteiger partial charge in [-0.15, -0.1) is 0 Å². The first-order valence-electron chi connectivity index (χ1n) is 13.0. The molecule has 4 rings (SSSR count). The third kappa shape index (κ3) is 6.23. The van der Waals surface area contributed by atoms with E-state index in [2.05, 4.69) is 5.32 Å². The molecule has 2 N–H and O–H groups in total. The maximum Gasteiger partial charge on any atom is 0.417 e. The lowest BCUT2D eigenvalue weighted by molar-refractivity contribution is -0.139. The smallest absolute Gasteiger partial charge is 0.417 e. The van der Waals surface area contributed by atoms with Gasteiger partial charge >= 0.3 is 12.1 Å². The normalized spacial score (nSPS) is 12.4. The van der Waals surface area contributed by atoms with Crippen LogP contribution in [-0.2, 0) is 23.9 Å². The number of carbonyl (C=O) groups is 2. The van der Waals surface area contributed by atoms with Gasteiger partial charge in [-0.3, -0.25) is 4.79 Å². The summed E-state index contributed by atoms with van der Waals surface area (Å²) in [6.45, 7) is 1.58. The third-order valence-corrected chi connectivity index (χ3v) is 7.00. The monoisotopic (exact) mass is 582 g/mol. The number of methoxy groups -OCH3 is 1. The van der Waals surface area contributed by atoms with Crippen molar-refractivity contribution in [3.05, 3.63) is 100 Å². The third-order valence-electron chi connectivity index (χ3n) is 7.00. The molecule has 0 saturated heterocycles.